The smallest absolute Gasteiger partial charge is 0.311 e. The molecule has 0 unspecified atom stereocenters. The number of fused-ring (bicyclic) bond motifs is 1. The molecule has 1 aliphatic heterocycles. The van der Waals surface area contributed by atoms with Gasteiger partial charge in [0.2, 0.25) is 0 Å². The van der Waals surface area contributed by atoms with Crippen molar-refractivity contribution in [3.63, 3.8) is 0 Å². The van der Waals surface area contributed by atoms with Gasteiger partial charge in [-0.2, -0.15) is 0 Å². The lowest BCUT2D eigenvalue weighted by molar-refractivity contribution is -0.151. The van der Waals surface area contributed by atoms with Crippen LogP contribution < -0.4 is 0 Å². The number of likely N-dealkylation sites (tertiary alicyclic amines) is 1. The summed E-state index contributed by atoms with van der Waals surface area (Å²) in [6.45, 7) is 4.70. The lowest BCUT2D eigenvalue weighted by Crippen LogP contribution is -2.49. The highest BCUT2D eigenvalue weighted by molar-refractivity contribution is 5.86. The van der Waals surface area contributed by atoms with Gasteiger partial charge in [0.15, 0.2) is 0 Å². The molecule has 3 rings (SSSR count). The summed E-state index contributed by atoms with van der Waals surface area (Å²) in [5, 5.41) is 2.65. The highest BCUT2D eigenvalue weighted by Crippen LogP contribution is 2.24. The van der Waals surface area contributed by atoms with Gasteiger partial charge in [0, 0.05) is 19.6 Å². The van der Waals surface area contributed by atoms with Crippen molar-refractivity contribution >= 4 is 16.7 Å². The fourth-order valence-electron chi connectivity index (χ4n) is 3.08. The van der Waals surface area contributed by atoms with Gasteiger partial charge in [-0.3, -0.25) is 9.69 Å². The maximum atomic E-state index is 11.4. The van der Waals surface area contributed by atoms with Crippen LogP contribution in [0.1, 0.15) is 18.1 Å². The van der Waals surface area contributed by atoms with Crippen molar-refractivity contribution in [1.82, 2.24) is 4.90 Å². The number of carbonyl (C=O) groups is 1. The molecule has 0 radical (unpaired) electrons. The van der Waals surface area contributed by atoms with E-state index in [9.17, 15) is 4.79 Å². The first kappa shape index (κ1) is 14.1. The largest absolute Gasteiger partial charge is 0.469 e. The van der Waals surface area contributed by atoms with E-state index in [1.165, 1.54) is 29.0 Å². The quantitative estimate of drug-likeness (QED) is 0.808. The van der Waals surface area contributed by atoms with Gasteiger partial charge in [0.25, 0.3) is 0 Å². The molecule has 110 valence electrons. The van der Waals surface area contributed by atoms with Crippen molar-refractivity contribution in [2.24, 2.45) is 5.92 Å². The normalized spacial score (nSPS) is 15.9. The zero-order valence-electron chi connectivity index (χ0n) is 12.6. The molecule has 1 fully saturated rings. The highest BCUT2D eigenvalue weighted by Gasteiger charge is 2.33. The summed E-state index contributed by atoms with van der Waals surface area (Å²) in [6, 6.07) is 13.2. The van der Waals surface area contributed by atoms with Crippen LogP contribution in [0.2, 0.25) is 0 Å². The van der Waals surface area contributed by atoms with Crippen LogP contribution in [-0.2, 0) is 22.5 Å². The van der Waals surface area contributed by atoms with E-state index in [1.807, 2.05) is 0 Å². The van der Waals surface area contributed by atoms with Gasteiger partial charge >= 0.3 is 5.97 Å². The van der Waals surface area contributed by atoms with Crippen LogP contribution in [0.4, 0.5) is 0 Å². The van der Waals surface area contributed by atoms with Gasteiger partial charge in [-0.05, 0) is 34.4 Å². The molecule has 0 N–H and O–H groups in total. The molecule has 1 heterocycles. The molecule has 0 saturated carbocycles. The van der Waals surface area contributed by atoms with Crippen molar-refractivity contribution in [2.75, 3.05) is 20.2 Å². The number of hydrogen-bond donors (Lipinski definition) is 0. The Bertz CT molecular complexity index is 659. The molecule has 0 amide bonds. The number of rotatable bonds is 4. The van der Waals surface area contributed by atoms with Crippen LogP contribution in [0.15, 0.2) is 36.4 Å². The Hall–Kier alpha value is -1.87. The first-order valence-corrected chi connectivity index (χ1v) is 7.52. The highest BCUT2D eigenvalue weighted by atomic mass is 16.5. The van der Waals surface area contributed by atoms with E-state index < -0.39 is 0 Å². The van der Waals surface area contributed by atoms with Gasteiger partial charge in [-0.25, -0.2) is 0 Å². The summed E-state index contributed by atoms with van der Waals surface area (Å²) in [6.07, 6.45) is 1.06. The summed E-state index contributed by atoms with van der Waals surface area (Å²) in [5.74, 6) is -0.0282. The van der Waals surface area contributed by atoms with Gasteiger partial charge in [-0.1, -0.05) is 37.3 Å². The number of carbonyl (C=O) groups excluding carboxylic acids is 1. The van der Waals surface area contributed by atoms with Crippen molar-refractivity contribution in [3.8, 4) is 0 Å². The van der Waals surface area contributed by atoms with E-state index in [0.29, 0.717) is 0 Å². The molecular formula is C18H21NO2. The van der Waals surface area contributed by atoms with Gasteiger partial charge in [0.05, 0.1) is 13.0 Å². The van der Waals surface area contributed by atoms with Crippen LogP contribution >= 0.6 is 0 Å². The Balaban J connectivity index is 1.70. The second-order valence-corrected chi connectivity index (χ2v) is 5.74. The third-order valence-corrected chi connectivity index (χ3v) is 4.31. The van der Waals surface area contributed by atoms with Gasteiger partial charge in [0.1, 0.15) is 0 Å². The van der Waals surface area contributed by atoms with Crippen molar-refractivity contribution < 1.29 is 9.53 Å². The number of aryl methyl sites for hydroxylation is 1. The number of esters is 1. The minimum Gasteiger partial charge on any atom is -0.469 e. The van der Waals surface area contributed by atoms with E-state index in [0.717, 1.165) is 26.1 Å². The van der Waals surface area contributed by atoms with Crippen LogP contribution in [0.3, 0.4) is 0 Å². The third kappa shape index (κ3) is 2.79. The molecule has 0 aromatic heterocycles. The first-order chi connectivity index (χ1) is 10.2. The van der Waals surface area contributed by atoms with E-state index in [-0.39, 0.29) is 11.9 Å². The summed E-state index contributed by atoms with van der Waals surface area (Å²) < 4.78 is 4.77. The maximum absolute atomic E-state index is 11.4. The van der Waals surface area contributed by atoms with Crippen molar-refractivity contribution in [2.45, 2.75) is 19.9 Å². The lowest BCUT2D eigenvalue weighted by Gasteiger charge is -2.37. The molecule has 0 atom stereocenters. The van der Waals surface area contributed by atoms with Gasteiger partial charge < -0.3 is 4.74 Å². The Morgan fingerprint density at radius 1 is 1.29 bits per heavy atom. The second-order valence-electron chi connectivity index (χ2n) is 5.74. The second kappa shape index (κ2) is 5.86. The van der Waals surface area contributed by atoms with E-state index in [4.69, 9.17) is 4.74 Å². The first-order valence-electron chi connectivity index (χ1n) is 7.52. The Labute approximate surface area is 125 Å². The Morgan fingerprint density at radius 2 is 2.10 bits per heavy atom. The standard InChI is InChI=1S/C18H21NO2/c1-3-14-5-4-6-15-9-13(7-8-17(14)15)10-19-11-16(12-19)18(20)21-2/h4-9,16H,3,10-12H2,1-2H3. The molecular weight excluding hydrogens is 262 g/mol. The minimum atomic E-state index is -0.0858. The Morgan fingerprint density at radius 3 is 2.81 bits per heavy atom. The van der Waals surface area contributed by atoms with Crippen LogP contribution in [0.25, 0.3) is 10.8 Å². The summed E-state index contributed by atoms with van der Waals surface area (Å²) in [4.78, 5) is 13.7. The van der Waals surface area contributed by atoms with E-state index in [1.54, 1.807) is 0 Å². The third-order valence-electron chi connectivity index (χ3n) is 4.31. The molecule has 3 nitrogen and oxygen atoms in total. The van der Waals surface area contributed by atoms with Crippen LogP contribution in [-0.4, -0.2) is 31.1 Å². The molecule has 3 heteroatoms. The summed E-state index contributed by atoms with van der Waals surface area (Å²) in [7, 11) is 1.46. The predicted octanol–water partition coefficient (Wildman–Crippen LogP) is 3.01. The number of methoxy groups -OCH3 is 1. The SMILES string of the molecule is CCc1cccc2cc(CN3CC(C(=O)OC)C3)ccc12. The lowest BCUT2D eigenvalue weighted by atomic mass is 9.97. The fraction of sp³-hybridized carbons (Fsp3) is 0.389. The number of ether oxygens (including phenoxy) is 1. The number of hydrogen-bond acceptors (Lipinski definition) is 3. The summed E-state index contributed by atoms with van der Waals surface area (Å²) >= 11 is 0. The molecule has 0 bridgehead atoms. The van der Waals surface area contributed by atoms with E-state index >= 15 is 0 Å². The molecule has 0 aliphatic carbocycles. The van der Waals surface area contributed by atoms with Crippen molar-refractivity contribution in [1.29, 1.82) is 0 Å². The average Bonchev–Trinajstić information content (AvgIpc) is 2.48. The summed E-state index contributed by atoms with van der Waals surface area (Å²) in [5.41, 5.74) is 2.70. The predicted molar refractivity (Wildman–Crippen MR) is 84.1 cm³/mol. The molecule has 2 aromatic carbocycles. The minimum absolute atomic E-state index is 0.0575. The van der Waals surface area contributed by atoms with E-state index in [2.05, 4.69) is 48.2 Å². The molecule has 2 aromatic rings. The van der Waals surface area contributed by atoms with Crippen molar-refractivity contribution in [3.05, 3.63) is 47.5 Å². The van der Waals surface area contributed by atoms with Crippen LogP contribution in [0.5, 0.6) is 0 Å². The number of nitrogens with zero attached hydrogens (tertiary/aromatic N) is 1. The van der Waals surface area contributed by atoms with Crippen LogP contribution in [0, 0.1) is 5.92 Å². The van der Waals surface area contributed by atoms with Gasteiger partial charge in [-0.15, -0.1) is 0 Å². The molecule has 1 aliphatic rings. The average molecular weight is 283 g/mol. The maximum Gasteiger partial charge on any atom is 0.311 e. The number of benzene rings is 2. The fourth-order valence-corrected chi connectivity index (χ4v) is 3.08. The molecule has 21 heavy (non-hydrogen) atoms. The molecule has 1 saturated heterocycles. The topological polar surface area (TPSA) is 29.5 Å². The monoisotopic (exact) mass is 283 g/mol. The molecule has 0 spiro atoms. The zero-order chi connectivity index (χ0) is 14.8. The Kier molecular flexibility index (Phi) is 3.93. The zero-order valence-corrected chi connectivity index (χ0v) is 12.6.